The maximum Gasteiger partial charge on any atom is 0.255 e. The lowest BCUT2D eigenvalue weighted by Crippen LogP contribution is -2.09. The van der Waals surface area contributed by atoms with E-state index < -0.39 is 0 Å². The van der Waals surface area contributed by atoms with Crippen molar-refractivity contribution in [2.75, 3.05) is 0 Å². The van der Waals surface area contributed by atoms with Gasteiger partial charge in [-0.25, -0.2) is 0 Å². The van der Waals surface area contributed by atoms with Crippen molar-refractivity contribution in [1.29, 1.82) is 5.26 Å². The maximum atomic E-state index is 11.9. The lowest BCUT2D eigenvalue weighted by molar-refractivity contribution is 1.15. The minimum atomic E-state index is -0.304. The highest BCUT2D eigenvalue weighted by Gasteiger charge is 2.13. The Balaban J connectivity index is 2.66. The van der Waals surface area contributed by atoms with Crippen LogP contribution < -0.4 is 5.56 Å². The van der Waals surface area contributed by atoms with Gasteiger partial charge in [-0.2, -0.15) is 5.26 Å². The summed E-state index contributed by atoms with van der Waals surface area (Å²) in [6.07, 6.45) is 1.70. The molecule has 3 nitrogen and oxygen atoms in total. The van der Waals surface area contributed by atoms with Gasteiger partial charge in [0.1, 0.15) is 0 Å². The number of nitriles is 1. The number of rotatable bonds is 2. The van der Waals surface area contributed by atoms with Crippen LogP contribution in [0.3, 0.4) is 0 Å². The van der Waals surface area contributed by atoms with Crippen LogP contribution >= 0.6 is 34.8 Å². The van der Waals surface area contributed by atoms with Crippen molar-refractivity contribution in [1.82, 2.24) is 4.98 Å². The zero-order valence-corrected chi connectivity index (χ0v) is 11.8. The molecule has 0 bridgehead atoms. The van der Waals surface area contributed by atoms with E-state index in [0.717, 1.165) is 0 Å². The molecule has 1 heterocycles. The summed E-state index contributed by atoms with van der Waals surface area (Å²) in [6.45, 7) is 0. The van der Waals surface area contributed by atoms with Crippen molar-refractivity contribution in [3.8, 4) is 17.2 Å². The molecule has 0 unspecified atom stereocenters. The normalized spacial score (nSPS) is 10.2. The van der Waals surface area contributed by atoms with Crippen LogP contribution in [0.15, 0.2) is 29.2 Å². The number of nitrogens with one attached hydrogen (secondary N) is 1. The molecule has 1 N–H and O–H groups in total. The average Bonchev–Trinajstić information content (AvgIpc) is 2.39. The van der Waals surface area contributed by atoms with Crippen LogP contribution in [-0.4, -0.2) is 4.98 Å². The predicted octanol–water partition coefficient (Wildman–Crippen LogP) is 4.07. The van der Waals surface area contributed by atoms with Gasteiger partial charge in [0, 0.05) is 17.3 Å². The van der Waals surface area contributed by atoms with Crippen LogP contribution in [0, 0.1) is 11.3 Å². The Morgan fingerprint density at radius 3 is 2.58 bits per heavy atom. The van der Waals surface area contributed by atoms with Gasteiger partial charge in [-0.3, -0.25) is 4.79 Å². The summed E-state index contributed by atoms with van der Waals surface area (Å²) in [5, 5.41) is 9.41. The lowest BCUT2D eigenvalue weighted by atomic mass is 10.0. The quantitative estimate of drug-likeness (QED) is 0.850. The summed E-state index contributed by atoms with van der Waals surface area (Å²) < 4.78 is 0. The first-order chi connectivity index (χ1) is 9.04. The van der Waals surface area contributed by atoms with E-state index in [1.807, 2.05) is 6.07 Å². The number of halogens is 3. The molecule has 0 spiro atoms. The molecule has 2 rings (SSSR count). The van der Waals surface area contributed by atoms with Crippen molar-refractivity contribution in [2.24, 2.45) is 0 Å². The molecular formula is C13H7Cl3N2O. The highest BCUT2D eigenvalue weighted by atomic mass is 35.5. The van der Waals surface area contributed by atoms with Gasteiger partial charge in [-0.05, 0) is 17.7 Å². The zero-order valence-electron chi connectivity index (χ0n) is 9.51. The van der Waals surface area contributed by atoms with E-state index >= 15 is 0 Å². The highest BCUT2D eigenvalue weighted by Crippen LogP contribution is 2.36. The molecule has 2 aromatic rings. The summed E-state index contributed by atoms with van der Waals surface area (Å²) >= 11 is 17.9. The van der Waals surface area contributed by atoms with E-state index in [9.17, 15) is 4.79 Å². The van der Waals surface area contributed by atoms with Gasteiger partial charge in [0.05, 0.1) is 27.6 Å². The van der Waals surface area contributed by atoms with E-state index in [-0.39, 0.29) is 22.0 Å². The third-order valence-corrected chi connectivity index (χ3v) is 3.87. The summed E-state index contributed by atoms with van der Waals surface area (Å²) in [5.74, 6) is 0. The first kappa shape index (κ1) is 14.0. The minimum Gasteiger partial charge on any atom is -0.328 e. The number of nitrogens with zero attached hydrogens (tertiary/aromatic N) is 1. The fraction of sp³-hybridized carbons (Fsp3) is 0.0769. The second-order valence-electron chi connectivity index (χ2n) is 3.81. The SMILES string of the molecule is N#CCc1c[nH]c(=O)c(-c2ccc(Cl)c(Cl)c2Cl)c1. The van der Waals surface area contributed by atoms with Crippen LogP contribution in [0.5, 0.6) is 0 Å². The highest BCUT2D eigenvalue weighted by molar-refractivity contribution is 6.49. The van der Waals surface area contributed by atoms with Crippen molar-refractivity contribution < 1.29 is 0 Å². The maximum absolute atomic E-state index is 11.9. The van der Waals surface area contributed by atoms with Crippen LogP contribution in [0.4, 0.5) is 0 Å². The van der Waals surface area contributed by atoms with Crippen molar-refractivity contribution in [3.63, 3.8) is 0 Å². The van der Waals surface area contributed by atoms with Gasteiger partial charge in [0.25, 0.3) is 5.56 Å². The minimum absolute atomic E-state index is 0.197. The summed E-state index contributed by atoms with van der Waals surface area (Å²) in [6, 6.07) is 6.83. The van der Waals surface area contributed by atoms with E-state index in [0.29, 0.717) is 21.7 Å². The number of pyridine rings is 1. The number of aromatic amines is 1. The molecular weight excluding hydrogens is 307 g/mol. The van der Waals surface area contributed by atoms with Crippen molar-refractivity contribution >= 4 is 34.8 Å². The van der Waals surface area contributed by atoms with Crippen LogP contribution in [0.2, 0.25) is 15.1 Å². The summed E-state index contributed by atoms with van der Waals surface area (Å²) in [7, 11) is 0. The Kier molecular flexibility index (Phi) is 4.16. The molecule has 6 heteroatoms. The van der Waals surface area contributed by atoms with Gasteiger partial charge < -0.3 is 4.98 Å². The lowest BCUT2D eigenvalue weighted by Gasteiger charge is -2.07. The number of aromatic nitrogens is 1. The third kappa shape index (κ3) is 2.76. The molecule has 0 amide bonds. The Hall–Kier alpha value is -1.47. The summed E-state index contributed by atoms with van der Waals surface area (Å²) in [5.41, 5.74) is 1.23. The van der Waals surface area contributed by atoms with Crippen LogP contribution in [0.25, 0.3) is 11.1 Å². The molecule has 0 atom stereocenters. The van der Waals surface area contributed by atoms with Gasteiger partial charge >= 0.3 is 0 Å². The first-order valence-corrected chi connectivity index (χ1v) is 6.40. The Labute approximate surface area is 124 Å². The number of benzene rings is 1. The molecule has 19 heavy (non-hydrogen) atoms. The Morgan fingerprint density at radius 2 is 1.89 bits per heavy atom. The van der Waals surface area contributed by atoms with Crippen molar-refractivity contribution in [2.45, 2.75) is 6.42 Å². The van der Waals surface area contributed by atoms with E-state index in [1.165, 1.54) is 6.20 Å². The Bertz CT molecular complexity index is 732. The second kappa shape index (κ2) is 5.66. The van der Waals surface area contributed by atoms with E-state index in [2.05, 4.69) is 4.98 Å². The van der Waals surface area contributed by atoms with Gasteiger partial charge in [0.2, 0.25) is 0 Å². The standard InChI is InChI=1S/C13H7Cl3N2O/c14-10-2-1-8(11(15)12(10)16)9-5-7(3-4-17)6-18-13(9)19/h1-2,5-6H,3H2,(H,18,19). The topological polar surface area (TPSA) is 56.6 Å². The fourth-order valence-corrected chi connectivity index (χ4v) is 2.29. The predicted molar refractivity (Wildman–Crippen MR) is 76.8 cm³/mol. The molecule has 0 radical (unpaired) electrons. The van der Waals surface area contributed by atoms with Crippen LogP contribution in [0.1, 0.15) is 5.56 Å². The molecule has 1 aromatic heterocycles. The molecule has 0 fully saturated rings. The largest absolute Gasteiger partial charge is 0.328 e. The van der Waals surface area contributed by atoms with Gasteiger partial charge in [-0.1, -0.05) is 40.9 Å². The van der Waals surface area contributed by atoms with E-state index in [1.54, 1.807) is 18.2 Å². The molecule has 0 saturated carbocycles. The fourth-order valence-electron chi connectivity index (χ4n) is 1.66. The van der Waals surface area contributed by atoms with Crippen LogP contribution in [-0.2, 0) is 6.42 Å². The first-order valence-electron chi connectivity index (χ1n) is 5.27. The number of hydrogen-bond donors (Lipinski definition) is 1. The molecule has 0 aliphatic carbocycles. The number of hydrogen-bond acceptors (Lipinski definition) is 2. The van der Waals surface area contributed by atoms with Gasteiger partial charge in [-0.15, -0.1) is 0 Å². The second-order valence-corrected chi connectivity index (χ2v) is 4.97. The summed E-state index contributed by atoms with van der Waals surface area (Å²) in [4.78, 5) is 14.4. The third-order valence-electron chi connectivity index (χ3n) is 2.57. The van der Waals surface area contributed by atoms with E-state index in [4.69, 9.17) is 40.1 Å². The number of H-pyrrole nitrogens is 1. The smallest absolute Gasteiger partial charge is 0.255 e. The molecule has 0 saturated heterocycles. The Morgan fingerprint density at radius 1 is 1.16 bits per heavy atom. The average molecular weight is 314 g/mol. The molecule has 96 valence electrons. The van der Waals surface area contributed by atoms with Crippen molar-refractivity contribution in [3.05, 3.63) is 55.4 Å². The molecule has 1 aromatic carbocycles. The monoisotopic (exact) mass is 312 g/mol. The zero-order chi connectivity index (χ0) is 14.0. The van der Waals surface area contributed by atoms with Gasteiger partial charge in [0.15, 0.2) is 0 Å². The molecule has 0 aliphatic rings. The molecule has 0 aliphatic heterocycles.